The van der Waals surface area contributed by atoms with E-state index in [0.29, 0.717) is 11.3 Å². The highest BCUT2D eigenvalue weighted by Gasteiger charge is 2.30. The fraction of sp³-hybridized carbons (Fsp3) is 0.158. The number of benzene rings is 2. The number of hydrogen-bond donors (Lipinski definition) is 3. The number of aryl methyl sites for hydroxylation is 1. The molecule has 1 heterocycles. The monoisotopic (exact) mass is 382 g/mol. The van der Waals surface area contributed by atoms with Crippen LogP contribution in [0.2, 0.25) is 0 Å². The van der Waals surface area contributed by atoms with Crippen LogP contribution in [0, 0.1) is 6.92 Å². The van der Waals surface area contributed by atoms with Crippen LogP contribution in [0.5, 0.6) is 0 Å². The lowest BCUT2D eigenvalue weighted by Crippen LogP contribution is -2.42. The molecule has 1 atom stereocenters. The molecule has 0 aliphatic carbocycles. The number of nitrogens with zero attached hydrogens (tertiary/aromatic N) is 1. The SMILES string of the molecule is Cc1ccc(C(=O)NN=C2NC(=O)C[C@@H](C(=O)Nc3ccccc3)S2)cc1. The van der Waals surface area contributed by atoms with Crippen LogP contribution in [0.25, 0.3) is 0 Å². The number of amides is 3. The molecular weight excluding hydrogens is 364 g/mol. The molecule has 1 aliphatic rings. The molecule has 2 aromatic carbocycles. The van der Waals surface area contributed by atoms with E-state index in [1.165, 1.54) is 0 Å². The molecule has 1 saturated heterocycles. The molecule has 0 saturated carbocycles. The van der Waals surface area contributed by atoms with Crippen molar-refractivity contribution in [1.82, 2.24) is 10.7 Å². The number of nitrogens with one attached hydrogen (secondary N) is 3. The summed E-state index contributed by atoms with van der Waals surface area (Å²) in [6.45, 7) is 1.93. The Bertz CT molecular complexity index is 882. The van der Waals surface area contributed by atoms with Crippen molar-refractivity contribution in [2.45, 2.75) is 18.6 Å². The number of thioether (sulfide) groups is 1. The summed E-state index contributed by atoms with van der Waals surface area (Å²) in [7, 11) is 0. The highest BCUT2D eigenvalue weighted by molar-refractivity contribution is 8.15. The van der Waals surface area contributed by atoms with Gasteiger partial charge in [0.1, 0.15) is 5.25 Å². The van der Waals surface area contributed by atoms with Crippen LogP contribution in [0.3, 0.4) is 0 Å². The van der Waals surface area contributed by atoms with Crippen LogP contribution in [-0.2, 0) is 9.59 Å². The van der Waals surface area contributed by atoms with Crippen LogP contribution >= 0.6 is 11.8 Å². The van der Waals surface area contributed by atoms with Gasteiger partial charge in [-0.25, -0.2) is 5.43 Å². The zero-order valence-electron chi connectivity index (χ0n) is 14.6. The van der Waals surface area contributed by atoms with Gasteiger partial charge in [0.15, 0.2) is 5.17 Å². The third kappa shape index (κ3) is 5.18. The minimum atomic E-state index is -0.631. The molecule has 0 aromatic heterocycles. The normalized spacial score (nSPS) is 17.9. The summed E-state index contributed by atoms with van der Waals surface area (Å²) < 4.78 is 0. The zero-order valence-corrected chi connectivity index (χ0v) is 15.4. The Labute approximate surface area is 160 Å². The molecule has 2 aromatic rings. The Hall–Kier alpha value is -3.13. The first-order chi connectivity index (χ1) is 13.0. The molecule has 1 aliphatic heterocycles. The number of para-hydroxylation sites is 1. The van der Waals surface area contributed by atoms with Crippen LogP contribution in [0.15, 0.2) is 59.7 Å². The van der Waals surface area contributed by atoms with E-state index in [1.54, 1.807) is 24.3 Å². The maximum atomic E-state index is 12.4. The van der Waals surface area contributed by atoms with Gasteiger partial charge in [-0.3, -0.25) is 14.4 Å². The molecular formula is C19H18N4O3S. The molecule has 138 valence electrons. The Balaban J connectivity index is 1.63. The largest absolute Gasteiger partial charge is 0.325 e. The summed E-state index contributed by atoms with van der Waals surface area (Å²) in [5, 5.41) is 8.82. The maximum Gasteiger partial charge on any atom is 0.271 e. The Morgan fingerprint density at radius 2 is 1.81 bits per heavy atom. The van der Waals surface area contributed by atoms with E-state index in [2.05, 4.69) is 21.2 Å². The van der Waals surface area contributed by atoms with Gasteiger partial charge < -0.3 is 10.6 Å². The van der Waals surface area contributed by atoms with Gasteiger partial charge in [-0.2, -0.15) is 0 Å². The van der Waals surface area contributed by atoms with E-state index in [4.69, 9.17) is 0 Å². The average molecular weight is 382 g/mol. The molecule has 27 heavy (non-hydrogen) atoms. The van der Waals surface area contributed by atoms with E-state index < -0.39 is 11.2 Å². The van der Waals surface area contributed by atoms with Crippen molar-refractivity contribution in [3.63, 3.8) is 0 Å². The maximum absolute atomic E-state index is 12.4. The fourth-order valence-corrected chi connectivity index (χ4v) is 3.30. The smallest absolute Gasteiger partial charge is 0.271 e. The molecule has 0 bridgehead atoms. The molecule has 3 rings (SSSR count). The highest BCUT2D eigenvalue weighted by atomic mass is 32.2. The van der Waals surface area contributed by atoms with Crippen LogP contribution in [0.4, 0.5) is 5.69 Å². The van der Waals surface area contributed by atoms with Crippen molar-refractivity contribution in [1.29, 1.82) is 0 Å². The minimum Gasteiger partial charge on any atom is -0.325 e. The summed E-state index contributed by atoms with van der Waals surface area (Å²) in [4.78, 5) is 36.4. The second kappa shape index (κ2) is 8.50. The summed E-state index contributed by atoms with van der Waals surface area (Å²) >= 11 is 1.09. The molecule has 3 amide bonds. The average Bonchev–Trinajstić information content (AvgIpc) is 2.67. The molecule has 8 heteroatoms. The van der Waals surface area contributed by atoms with Gasteiger partial charge in [-0.15, -0.1) is 5.10 Å². The van der Waals surface area contributed by atoms with E-state index >= 15 is 0 Å². The second-order valence-corrected chi connectivity index (χ2v) is 7.13. The van der Waals surface area contributed by atoms with E-state index in [1.807, 2.05) is 37.3 Å². The van der Waals surface area contributed by atoms with Crippen molar-refractivity contribution in [2.75, 3.05) is 5.32 Å². The molecule has 0 spiro atoms. The molecule has 1 fully saturated rings. The third-order valence-corrected chi connectivity index (χ3v) is 4.86. The van der Waals surface area contributed by atoms with E-state index in [-0.39, 0.29) is 23.4 Å². The minimum absolute atomic E-state index is 0.0360. The van der Waals surface area contributed by atoms with Gasteiger partial charge in [-0.05, 0) is 31.2 Å². The Morgan fingerprint density at radius 3 is 2.52 bits per heavy atom. The number of hydrogen-bond acceptors (Lipinski definition) is 5. The molecule has 3 N–H and O–H groups in total. The topological polar surface area (TPSA) is 99.7 Å². The standard InChI is InChI=1S/C19H18N4O3S/c1-12-7-9-13(10-8-12)17(25)22-23-19-21-16(24)11-15(27-19)18(26)20-14-5-3-2-4-6-14/h2-10,15H,11H2,1H3,(H,20,26)(H,22,25)(H,21,23,24)/t15-/m0/s1. The molecule has 0 unspecified atom stereocenters. The number of amidine groups is 1. The van der Waals surface area contributed by atoms with Gasteiger partial charge in [0.25, 0.3) is 5.91 Å². The number of carbonyl (C=O) groups excluding carboxylic acids is 3. The lowest BCUT2D eigenvalue weighted by molar-refractivity contribution is -0.123. The Kier molecular flexibility index (Phi) is 5.87. The van der Waals surface area contributed by atoms with Crippen molar-refractivity contribution in [3.8, 4) is 0 Å². The quantitative estimate of drug-likeness (QED) is 0.706. The number of rotatable bonds is 4. The van der Waals surface area contributed by atoms with Crippen LogP contribution < -0.4 is 16.1 Å². The van der Waals surface area contributed by atoms with Gasteiger partial charge in [-0.1, -0.05) is 47.7 Å². The van der Waals surface area contributed by atoms with E-state index in [9.17, 15) is 14.4 Å². The van der Waals surface area contributed by atoms with Crippen molar-refractivity contribution in [2.24, 2.45) is 5.10 Å². The molecule has 0 radical (unpaired) electrons. The van der Waals surface area contributed by atoms with Crippen molar-refractivity contribution in [3.05, 3.63) is 65.7 Å². The first-order valence-corrected chi connectivity index (χ1v) is 9.16. The number of carbonyl (C=O) groups is 3. The third-order valence-electron chi connectivity index (χ3n) is 3.78. The van der Waals surface area contributed by atoms with Gasteiger partial charge >= 0.3 is 0 Å². The van der Waals surface area contributed by atoms with Crippen molar-refractivity contribution >= 4 is 40.3 Å². The van der Waals surface area contributed by atoms with Gasteiger partial charge in [0.05, 0.1) is 0 Å². The fourth-order valence-electron chi connectivity index (χ4n) is 2.36. The molecule has 7 nitrogen and oxygen atoms in total. The number of anilines is 1. The van der Waals surface area contributed by atoms with Crippen molar-refractivity contribution < 1.29 is 14.4 Å². The highest BCUT2D eigenvalue weighted by Crippen LogP contribution is 2.22. The van der Waals surface area contributed by atoms with E-state index in [0.717, 1.165) is 17.3 Å². The van der Waals surface area contributed by atoms with Crippen LogP contribution in [-0.4, -0.2) is 28.1 Å². The number of hydrazone groups is 1. The van der Waals surface area contributed by atoms with Crippen LogP contribution in [0.1, 0.15) is 22.3 Å². The predicted molar refractivity (Wildman–Crippen MR) is 105 cm³/mol. The van der Waals surface area contributed by atoms with Gasteiger partial charge in [0.2, 0.25) is 11.8 Å². The first-order valence-electron chi connectivity index (χ1n) is 8.28. The summed E-state index contributed by atoms with van der Waals surface area (Å²) in [6, 6.07) is 16.0. The summed E-state index contributed by atoms with van der Waals surface area (Å²) in [5.41, 5.74) is 4.55. The lowest BCUT2D eigenvalue weighted by atomic mass is 10.1. The lowest BCUT2D eigenvalue weighted by Gasteiger charge is -2.22. The zero-order chi connectivity index (χ0) is 19.2. The first kappa shape index (κ1) is 18.7. The predicted octanol–water partition coefficient (Wildman–Crippen LogP) is 2.26. The second-order valence-electron chi connectivity index (χ2n) is 5.94. The summed E-state index contributed by atoms with van der Waals surface area (Å²) in [6.07, 6.45) is 0.0360. The summed E-state index contributed by atoms with van der Waals surface area (Å²) in [5.74, 6) is -1.02. The Morgan fingerprint density at radius 1 is 1.11 bits per heavy atom. The van der Waals surface area contributed by atoms with Gasteiger partial charge in [0, 0.05) is 17.7 Å².